The third-order valence-electron chi connectivity index (χ3n) is 4.09. The number of anilines is 1. The largest absolute Gasteiger partial charge is 0.328 e. The fourth-order valence-electron chi connectivity index (χ4n) is 2.71. The second-order valence-electron chi connectivity index (χ2n) is 5.80. The van der Waals surface area contributed by atoms with E-state index in [2.05, 4.69) is 34.2 Å². The summed E-state index contributed by atoms with van der Waals surface area (Å²) in [4.78, 5) is 13.6. The molecule has 25 heavy (non-hydrogen) atoms. The molecule has 0 saturated heterocycles. The number of halogens is 1. The van der Waals surface area contributed by atoms with Crippen LogP contribution in [0.1, 0.15) is 22.0 Å². The van der Waals surface area contributed by atoms with Gasteiger partial charge in [0.05, 0.1) is 4.88 Å². The van der Waals surface area contributed by atoms with Crippen LogP contribution in [0.25, 0.3) is 0 Å². The van der Waals surface area contributed by atoms with Gasteiger partial charge < -0.3 is 10.6 Å². The van der Waals surface area contributed by atoms with Gasteiger partial charge in [0.2, 0.25) is 0 Å². The molecule has 0 unspecified atom stereocenters. The van der Waals surface area contributed by atoms with Crippen molar-refractivity contribution in [2.75, 3.05) is 11.9 Å². The Bertz CT molecular complexity index is 834. The highest BCUT2D eigenvalue weighted by Crippen LogP contribution is 2.23. The molecule has 0 aliphatic carbocycles. The number of hydrogen-bond acceptors (Lipinski definition) is 2. The van der Waals surface area contributed by atoms with Crippen molar-refractivity contribution in [2.45, 2.75) is 13.0 Å². The third kappa shape index (κ3) is 4.48. The number of amides is 1. The zero-order chi connectivity index (χ0) is 17.6. The molecular weight excluding hydrogens is 352 g/mol. The quantitative estimate of drug-likeness (QED) is 0.675. The molecule has 2 aromatic carbocycles. The molecule has 3 aromatic rings. The van der Waals surface area contributed by atoms with Crippen LogP contribution in [0.5, 0.6) is 0 Å². The third-order valence-corrected chi connectivity index (χ3v) is 5.45. The van der Waals surface area contributed by atoms with Gasteiger partial charge in [-0.05, 0) is 36.1 Å². The number of rotatable bonds is 6. The Morgan fingerprint density at radius 2 is 1.92 bits per heavy atom. The maximum Gasteiger partial charge on any atom is 0.279 e. The first-order chi connectivity index (χ1) is 12.1. The lowest BCUT2D eigenvalue weighted by Crippen LogP contribution is -2.87. The fraction of sp³-hybridized carbons (Fsp3) is 0.150. The topological polar surface area (TPSA) is 45.7 Å². The van der Waals surface area contributed by atoms with Crippen molar-refractivity contribution in [1.29, 1.82) is 0 Å². The molecular formula is C20H20ClN2OS+. The van der Waals surface area contributed by atoms with Crippen LogP contribution in [0.4, 0.5) is 5.69 Å². The molecule has 0 aliphatic heterocycles. The second-order valence-corrected chi connectivity index (χ2v) is 7.19. The van der Waals surface area contributed by atoms with Crippen molar-refractivity contribution < 1.29 is 10.1 Å². The van der Waals surface area contributed by atoms with E-state index >= 15 is 0 Å². The van der Waals surface area contributed by atoms with Crippen LogP contribution >= 0.6 is 22.9 Å². The summed E-state index contributed by atoms with van der Waals surface area (Å²) in [7, 11) is 0. The number of nitrogens with two attached hydrogens (primary N) is 1. The van der Waals surface area contributed by atoms with Crippen molar-refractivity contribution in [3.63, 3.8) is 0 Å². The molecule has 1 amide bonds. The van der Waals surface area contributed by atoms with Crippen LogP contribution in [0, 0.1) is 6.92 Å². The minimum atomic E-state index is -0.0390. The van der Waals surface area contributed by atoms with Crippen LogP contribution in [-0.4, -0.2) is 12.5 Å². The SMILES string of the molecule is Cc1c(Cl)cccc1NC(=O)C[NH2+][C@H](c1ccccc1)c1cccs1. The average molecular weight is 372 g/mol. The lowest BCUT2D eigenvalue weighted by molar-refractivity contribution is -0.675. The summed E-state index contributed by atoms with van der Waals surface area (Å²) in [5.41, 5.74) is 2.84. The van der Waals surface area contributed by atoms with Gasteiger partial charge in [0.25, 0.3) is 5.91 Å². The Morgan fingerprint density at radius 1 is 1.12 bits per heavy atom. The van der Waals surface area contributed by atoms with E-state index in [4.69, 9.17) is 11.6 Å². The summed E-state index contributed by atoms with van der Waals surface area (Å²) < 4.78 is 0. The molecule has 3 N–H and O–H groups in total. The highest BCUT2D eigenvalue weighted by atomic mass is 35.5. The Kier molecular flexibility index (Phi) is 5.87. The van der Waals surface area contributed by atoms with Gasteiger partial charge in [-0.1, -0.05) is 54.1 Å². The van der Waals surface area contributed by atoms with Gasteiger partial charge in [0, 0.05) is 16.3 Å². The zero-order valence-corrected chi connectivity index (χ0v) is 15.5. The lowest BCUT2D eigenvalue weighted by atomic mass is 10.1. The van der Waals surface area contributed by atoms with Gasteiger partial charge in [0.15, 0.2) is 6.54 Å². The predicted octanol–water partition coefficient (Wildman–Crippen LogP) is 4.00. The highest BCUT2D eigenvalue weighted by Gasteiger charge is 2.20. The highest BCUT2D eigenvalue weighted by molar-refractivity contribution is 7.10. The molecule has 0 radical (unpaired) electrons. The normalized spacial score (nSPS) is 11.9. The minimum Gasteiger partial charge on any atom is -0.328 e. The molecule has 3 rings (SSSR count). The Labute approximate surface area is 156 Å². The number of benzene rings is 2. The number of carbonyl (C=O) groups is 1. The van der Waals surface area contributed by atoms with E-state index in [1.807, 2.05) is 49.4 Å². The van der Waals surface area contributed by atoms with Crippen LogP contribution in [0.15, 0.2) is 66.0 Å². The fourth-order valence-corrected chi connectivity index (χ4v) is 3.74. The van der Waals surface area contributed by atoms with Crippen LogP contribution in [-0.2, 0) is 4.79 Å². The molecule has 128 valence electrons. The maximum atomic E-state index is 12.4. The van der Waals surface area contributed by atoms with Gasteiger partial charge in [0.1, 0.15) is 6.04 Å². The molecule has 5 heteroatoms. The summed E-state index contributed by atoms with van der Waals surface area (Å²) >= 11 is 7.82. The molecule has 1 heterocycles. The molecule has 3 nitrogen and oxygen atoms in total. The van der Waals surface area contributed by atoms with Crippen LogP contribution in [0.2, 0.25) is 5.02 Å². The number of nitrogens with one attached hydrogen (secondary N) is 1. The lowest BCUT2D eigenvalue weighted by Gasteiger charge is -2.15. The number of quaternary nitrogens is 1. The van der Waals surface area contributed by atoms with Gasteiger partial charge in [-0.15, -0.1) is 11.3 Å². The first-order valence-corrected chi connectivity index (χ1v) is 9.37. The first kappa shape index (κ1) is 17.7. The number of thiophene rings is 1. The number of hydrogen-bond donors (Lipinski definition) is 2. The van der Waals surface area contributed by atoms with E-state index in [-0.39, 0.29) is 11.9 Å². The van der Waals surface area contributed by atoms with Gasteiger partial charge in [-0.25, -0.2) is 0 Å². The van der Waals surface area contributed by atoms with Crippen molar-refractivity contribution in [2.24, 2.45) is 0 Å². The van der Waals surface area contributed by atoms with E-state index in [0.29, 0.717) is 11.6 Å². The smallest absolute Gasteiger partial charge is 0.279 e. The van der Waals surface area contributed by atoms with Crippen molar-refractivity contribution in [1.82, 2.24) is 0 Å². The van der Waals surface area contributed by atoms with E-state index in [0.717, 1.165) is 11.3 Å². The molecule has 1 aromatic heterocycles. The Hall–Kier alpha value is -2.14. The molecule has 0 bridgehead atoms. The van der Waals surface area contributed by atoms with Crippen LogP contribution in [0.3, 0.4) is 0 Å². The Morgan fingerprint density at radius 3 is 2.64 bits per heavy atom. The summed E-state index contributed by atoms with van der Waals surface area (Å²) in [6, 6.07) is 20.0. The molecule has 1 atom stereocenters. The minimum absolute atomic E-state index is 0.0390. The maximum absolute atomic E-state index is 12.4. The average Bonchev–Trinajstić information content (AvgIpc) is 3.14. The van der Waals surface area contributed by atoms with E-state index < -0.39 is 0 Å². The van der Waals surface area contributed by atoms with Crippen molar-refractivity contribution in [3.05, 3.63) is 87.1 Å². The van der Waals surface area contributed by atoms with E-state index in [1.54, 1.807) is 11.3 Å². The summed E-state index contributed by atoms with van der Waals surface area (Å²) in [5, 5.41) is 7.74. The van der Waals surface area contributed by atoms with E-state index in [9.17, 15) is 4.79 Å². The summed E-state index contributed by atoms with van der Waals surface area (Å²) in [6.07, 6.45) is 0. The number of carbonyl (C=O) groups excluding carboxylic acids is 1. The molecule has 0 aliphatic rings. The van der Waals surface area contributed by atoms with Crippen LogP contribution < -0.4 is 10.6 Å². The van der Waals surface area contributed by atoms with Gasteiger partial charge >= 0.3 is 0 Å². The molecule has 0 spiro atoms. The first-order valence-electron chi connectivity index (χ1n) is 8.12. The van der Waals surface area contributed by atoms with Crippen molar-refractivity contribution in [3.8, 4) is 0 Å². The second kappa shape index (κ2) is 8.30. The van der Waals surface area contributed by atoms with Gasteiger partial charge in [-0.2, -0.15) is 0 Å². The van der Waals surface area contributed by atoms with Crippen molar-refractivity contribution >= 4 is 34.5 Å². The standard InChI is InChI=1S/C20H19ClN2OS/c1-14-16(21)9-5-10-17(14)23-19(24)13-22-20(18-11-6-12-25-18)15-7-3-2-4-8-15/h2-12,20,22H,13H2,1H3,(H,23,24)/p+1/t20-/m1/s1. The van der Waals surface area contributed by atoms with Gasteiger partial charge in [-0.3, -0.25) is 4.79 Å². The van der Waals surface area contributed by atoms with E-state index in [1.165, 1.54) is 10.4 Å². The monoisotopic (exact) mass is 371 g/mol. The predicted molar refractivity (Wildman–Crippen MR) is 104 cm³/mol. The summed E-state index contributed by atoms with van der Waals surface area (Å²) in [6.45, 7) is 2.24. The molecule has 0 fully saturated rings. The summed E-state index contributed by atoms with van der Waals surface area (Å²) in [5.74, 6) is -0.0390. The zero-order valence-electron chi connectivity index (χ0n) is 13.9. The molecule has 0 saturated carbocycles. The Balaban J connectivity index is 1.69.